The summed E-state index contributed by atoms with van der Waals surface area (Å²) in [6.45, 7) is 5.63. The lowest BCUT2D eigenvalue weighted by molar-refractivity contribution is -0.915. The second-order valence-electron chi connectivity index (χ2n) is 8.68. The first-order chi connectivity index (χ1) is 13.9. The molecule has 2 heterocycles. The lowest BCUT2D eigenvalue weighted by atomic mass is 9.89. The molecule has 1 atom stereocenters. The monoisotopic (exact) mass is 432 g/mol. The van der Waals surface area contributed by atoms with Crippen LogP contribution in [0.25, 0.3) is 11.1 Å². The van der Waals surface area contributed by atoms with Crippen LogP contribution in [0, 0.1) is 5.92 Å². The molecule has 0 radical (unpaired) electrons. The minimum atomic E-state index is 0.291. The van der Waals surface area contributed by atoms with E-state index in [1.165, 1.54) is 31.5 Å². The maximum absolute atomic E-state index is 6.17. The molecule has 1 saturated heterocycles. The molecule has 1 aliphatic rings. The fourth-order valence-electron chi connectivity index (χ4n) is 4.48. The first-order valence-electron chi connectivity index (χ1n) is 10.3. The fourth-order valence-corrected chi connectivity index (χ4v) is 4.80. The number of hydrogen-bond acceptors (Lipinski definition) is 3. The van der Waals surface area contributed by atoms with Crippen LogP contribution in [-0.2, 0) is 6.42 Å². The Morgan fingerprint density at radius 3 is 2.62 bits per heavy atom. The molecule has 0 aliphatic carbocycles. The van der Waals surface area contributed by atoms with E-state index in [2.05, 4.69) is 30.3 Å². The van der Waals surface area contributed by atoms with Crippen LogP contribution in [0.3, 0.4) is 0 Å². The number of para-hydroxylation sites is 2. The molecule has 2 aromatic carbocycles. The Hall–Kier alpha value is -1.75. The Morgan fingerprint density at radius 2 is 1.90 bits per heavy atom. The Labute approximate surface area is 182 Å². The molecule has 4 nitrogen and oxygen atoms in total. The molecule has 6 heteroatoms. The number of aromatic nitrogens is 1. The number of fused-ring (bicyclic) bond motifs is 1. The van der Waals surface area contributed by atoms with Gasteiger partial charge in [0.15, 0.2) is 5.58 Å². The number of hydrogen-bond donors (Lipinski definition) is 1. The number of rotatable bonds is 6. The van der Waals surface area contributed by atoms with Crippen molar-refractivity contribution in [3.63, 3.8) is 0 Å². The summed E-state index contributed by atoms with van der Waals surface area (Å²) in [6, 6.07) is 14.8. The van der Waals surface area contributed by atoms with Gasteiger partial charge in [0.25, 0.3) is 6.01 Å². The van der Waals surface area contributed by atoms with Gasteiger partial charge in [-0.05, 0) is 61.9 Å². The Kier molecular flexibility index (Phi) is 6.05. The largest absolute Gasteiger partial charge is 0.424 e. The summed E-state index contributed by atoms with van der Waals surface area (Å²) in [5.74, 6) is 0.707. The summed E-state index contributed by atoms with van der Waals surface area (Å²) in [7, 11) is 2.36. The molecular formula is C23H28Cl2N3O+. The van der Waals surface area contributed by atoms with Gasteiger partial charge in [-0.25, -0.2) is 0 Å². The zero-order chi connectivity index (χ0) is 20.4. The number of halogens is 2. The maximum atomic E-state index is 6.17. The van der Waals surface area contributed by atoms with Gasteiger partial charge >= 0.3 is 0 Å². The van der Waals surface area contributed by atoms with Gasteiger partial charge in [0, 0.05) is 0 Å². The number of nitrogens with one attached hydrogen (secondary N) is 1. The molecule has 29 heavy (non-hydrogen) atoms. The highest BCUT2D eigenvalue weighted by Crippen LogP contribution is 2.29. The van der Waals surface area contributed by atoms with Crippen molar-refractivity contribution in [3.05, 3.63) is 58.1 Å². The van der Waals surface area contributed by atoms with Gasteiger partial charge in [0.05, 0.1) is 42.8 Å². The second kappa shape index (κ2) is 8.55. The van der Waals surface area contributed by atoms with Crippen molar-refractivity contribution in [3.8, 4) is 0 Å². The quantitative estimate of drug-likeness (QED) is 0.482. The SMILES string of the molecule is CC(C[N+]1(C)CCC(Cc2ccc(Cl)c(Cl)c2)CC1)Nc1nc2ccccc2o1. The van der Waals surface area contributed by atoms with Gasteiger partial charge in [-0.15, -0.1) is 0 Å². The highest BCUT2D eigenvalue weighted by atomic mass is 35.5. The summed E-state index contributed by atoms with van der Waals surface area (Å²) in [5.41, 5.74) is 3.00. The molecule has 0 saturated carbocycles. The van der Waals surface area contributed by atoms with Crippen molar-refractivity contribution in [2.24, 2.45) is 5.92 Å². The summed E-state index contributed by atoms with van der Waals surface area (Å²) >= 11 is 12.2. The van der Waals surface area contributed by atoms with Crippen LogP contribution >= 0.6 is 23.2 Å². The first-order valence-corrected chi connectivity index (χ1v) is 11.1. The van der Waals surface area contributed by atoms with E-state index in [4.69, 9.17) is 27.6 Å². The lowest BCUT2D eigenvalue weighted by Crippen LogP contribution is -2.54. The number of benzene rings is 2. The normalized spacial score (nSPS) is 23.2. The smallest absolute Gasteiger partial charge is 0.296 e. The molecule has 1 N–H and O–H groups in total. The molecule has 154 valence electrons. The molecule has 1 aromatic heterocycles. The molecular weight excluding hydrogens is 405 g/mol. The van der Waals surface area contributed by atoms with Crippen LogP contribution in [0.2, 0.25) is 10.0 Å². The van der Waals surface area contributed by atoms with Gasteiger partial charge in [0.2, 0.25) is 0 Å². The maximum Gasteiger partial charge on any atom is 0.296 e. The van der Waals surface area contributed by atoms with E-state index in [1.54, 1.807) is 0 Å². The average molecular weight is 433 g/mol. The third-order valence-corrected chi connectivity index (χ3v) is 6.78. The van der Waals surface area contributed by atoms with Crippen molar-refractivity contribution < 1.29 is 8.90 Å². The number of oxazole rings is 1. The van der Waals surface area contributed by atoms with Crippen LogP contribution in [0.1, 0.15) is 25.3 Å². The fraction of sp³-hybridized carbons (Fsp3) is 0.435. The summed E-state index contributed by atoms with van der Waals surface area (Å²) in [4.78, 5) is 4.54. The van der Waals surface area contributed by atoms with Gasteiger partial charge in [-0.1, -0.05) is 41.4 Å². The Balaban J connectivity index is 1.29. The van der Waals surface area contributed by atoms with Gasteiger partial charge < -0.3 is 14.2 Å². The second-order valence-corrected chi connectivity index (χ2v) is 9.49. The van der Waals surface area contributed by atoms with Gasteiger partial charge in [-0.2, -0.15) is 4.98 Å². The number of piperidine rings is 1. The van der Waals surface area contributed by atoms with E-state index < -0.39 is 0 Å². The highest BCUT2D eigenvalue weighted by Gasteiger charge is 2.31. The molecule has 0 amide bonds. The Morgan fingerprint density at radius 1 is 1.14 bits per heavy atom. The number of nitrogens with zero attached hydrogens (tertiary/aromatic N) is 2. The molecule has 1 fully saturated rings. The summed E-state index contributed by atoms with van der Waals surface area (Å²) < 4.78 is 6.89. The van der Waals surface area contributed by atoms with Crippen molar-refractivity contribution in [1.82, 2.24) is 4.98 Å². The standard InChI is InChI=1S/C23H28Cl2N3O/c1-16(26-23-27-21-5-3-4-6-22(21)29-23)15-28(2)11-9-17(10-12-28)13-18-7-8-19(24)20(25)14-18/h3-8,14,16-17H,9-13,15H2,1-2H3,(H,26,27)/q+1. The van der Waals surface area contributed by atoms with E-state index in [0.29, 0.717) is 28.0 Å². The highest BCUT2D eigenvalue weighted by molar-refractivity contribution is 6.42. The Bertz CT molecular complexity index is 946. The van der Waals surface area contributed by atoms with Crippen molar-refractivity contribution >= 4 is 40.3 Å². The molecule has 1 aliphatic heterocycles. The summed E-state index contributed by atoms with van der Waals surface area (Å²) in [6.07, 6.45) is 3.53. The van der Waals surface area contributed by atoms with Crippen LogP contribution in [0.15, 0.2) is 46.9 Å². The third kappa shape index (κ3) is 5.06. The average Bonchev–Trinajstić information content (AvgIpc) is 3.08. The van der Waals surface area contributed by atoms with Crippen LogP contribution in [-0.4, -0.2) is 42.2 Å². The molecule has 0 bridgehead atoms. The number of quaternary nitrogens is 1. The summed E-state index contributed by atoms with van der Waals surface area (Å²) in [5, 5.41) is 4.73. The van der Waals surface area contributed by atoms with E-state index in [-0.39, 0.29) is 0 Å². The zero-order valence-corrected chi connectivity index (χ0v) is 18.5. The molecule has 0 spiro atoms. The van der Waals surface area contributed by atoms with E-state index in [1.807, 2.05) is 36.4 Å². The van der Waals surface area contributed by atoms with Crippen LogP contribution in [0.4, 0.5) is 6.01 Å². The minimum absolute atomic E-state index is 0.291. The molecule has 1 unspecified atom stereocenters. The predicted octanol–water partition coefficient (Wildman–Crippen LogP) is 6.03. The topological polar surface area (TPSA) is 38.1 Å². The van der Waals surface area contributed by atoms with Gasteiger partial charge in [-0.3, -0.25) is 0 Å². The van der Waals surface area contributed by atoms with Crippen LogP contribution < -0.4 is 5.32 Å². The van der Waals surface area contributed by atoms with E-state index >= 15 is 0 Å². The minimum Gasteiger partial charge on any atom is -0.424 e. The molecule has 3 aromatic rings. The number of likely N-dealkylation sites (N-methyl/N-ethyl adjacent to an activating group) is 1. The lowest BCUT2D eigenvalue weighted by Gasteiger charge is -2.42. The van der Waals surface area contributed by atoms with Crippen molar-refractivity contribution in [2.75, 3.05) is 32.0 Å². The van der Waals surface area contributed by atoms with Crippen molar-refractivity contribution in [2.45, 2.75) is 32.2 Å². The van der Waals surface area contributed by atoms with Crippen LogP contribution in [0.5, 0.6) is 0 Å². The number of likely N-dealkylation sites (tertiary alicyclic amines) is 1. The van der Waals surface area contributed by atoms with E-state index in [9.17, 15) is 0 Å². The zero-order valence-electron chi connectivity index (χ0n) is 17.0. The number of anilines is 1. The van der Waals surface area contributed by atoms with Crippen molar-refractivity contribution in [1.29, 1.82) is 0 Å². The van der Waals surface area contributed by atoms with E-state index in [0.717, 1.165) is 28.5 Å². The molecule has 4 rings (SSSR count). The predicted molar refractivity (Wildman–Crippen MR) is 121 cm³/mol. The van der Waals surface area contributed by atoms with Gasteiger partial charge in [0.1, 0.15) is 5.52 Å². The third-order valence-electron chi connectivity index (χ3n) is 6.04. The first kappa shape index (κ1) is 20.5.